The van der Waals surface area contributed by atoms with Crippen molar-refractivity contribution < 1.29 is 4.79 Å². The minimum absolute atomic E-state index is 0.0589. The second kappa shape index (κ2) is 8.21. The number of carbonyl (C=O) groups excluding carboxylic acids is 1. The number of fused-ring (bicyclic) bond motifs is 1. The van der Waals surface area contributed by atoms with E-state index in [1.807, 2.05) is 24.3 Å². The zero-order valence-corrected chi connectivity index (χ0v) is 15.6. The number of amides is 1. The van der Waals surface area contributed by atoms with Crippen molar-refractivity contribution in [2.45, 2.75) is 52.6 Å². The Hall–Kier alpha value is -2.57. The number of benzene rings is 1. The molecule has 2 heterocycles. The molecule has 2 aromatic rings. The van der Waals surface area contributed by atoms with E-state index in [4.69, 9.17) is 0 Å². The maximum atomic E-state index is 12.4. The number of carbonyl (C=O) groups is 1. The average molecular weight is 357 g/mol. The van der Waals surface area contributed by atoms with Gasteiger partial charge in [-0.2, -0.15) is 5.10 Å². The quantitative estimate of drug-likeness (QED) is 0.861. The van der Waals surface area contributed by atoms with Crippen LogP contribution in [0.25, 0.3) is 0 Å². The van der Waals surface area contributed by atoms with Gasteiger partial charge in [-0.1, -0.05) is 6.42 Å². The Kier molecular flexibility index (Phi) is 5.75. The van der Waals surface area contributed by atoms with Crippen molar-refractivity contribution in [3.63, 3.8) is 0 Å². The molecule has 0 aliphatic carbocycles. The van der Waals surface area contributed by atoms with Crippen LogP contribution >= 0.6 is 0 Å². The molecule has 1 N–H and O–H groups in total. The summed E-state index contributed by atoms with van der Waals surface area (Å²) in [7, 11) is 0. The van der Waals surface area contributed by atoms with Crippen LogP contribution in [0.5, 0.6) is 0 Å². The molecule has 1 aliphatic heterocycles. The Morgan fingerprint density at radius 3 is 2.58 bits per heavy atom. The van der Waals surface area contributed by atoms with Crippen molar-refractivity contribution in [3.8, 4) is 0 Å². The van der Waals surface area contributed by atoms with Crippen LogP contribution in [-0.2, 0) is 24.3 Å². The van der Waals surface area contributed by atoms with Crippen LogP contribution in [0.3, 0.4) is 0 Å². The second-order valence-electron chi connectivity index (χ2n) is 6.59. The third kappa shape index (κ3) is 3.98. The van der Waals surface area contributed by atoms with Crippen LogP contribution in [0.15, 0.2) is 29.1 Å². The normalized spacial score (nSPS) is 13.8. The zero-order chi connectivity index (χ0) is 18.5. The van der Waals surface area contributed by atoms with E-state index in [1.165, 1.54) is 4.68 Å². The van der Waals surface area contributed by atoms with E-state index in [0.717, 1.165) is 56.0 Å². The summed E-state index contributed by atoms with van der Waals surface area (Å²) in [4.78, 5) is 27.0. The lowest BCUT2D eigenvalue weighted by atomic mass is 10.2. The monoisotopic (exact) mass is 357 g/mol. The molecule has 0 spiro atoms. The predicted molar refractivity (Wildman–Crippen MR) is 103 cm³/mol. The molecule has 1 amide bonds. The van der Waals surface area contributed by atoms with Gasteiger partial charge in [-0.15, -0.1) is 0 Å². The van der Waals surface area contributed by atoms with Crippen LogP contribution in [0.2, 0.25) is 0 Å². The molecule has 7 nitrogen and oxygen atoms in total. The number of nitrogens with zero attached hydrogens (tertiary/aromatic N) is 4. The molecule has 140 valence electrons. The Morgan fingerprint density at radius 1 is 1.15 bits per heavy atom. The third-order valence-electron chi connectivity index (χ3n) is 4.85. The molecular weight excluding hydrogens is 330 g/mol. The summed E-state index contributed by atoms with van der Waals surface area (Å²) >= 11 is 0. The van der Waals surface area contributed by atoms with E-state index < -0.39 is 0 Å². The van der Waals surface area contributed by atoms with E-state index in [9.17, 15) is 9.59 Å². The highest BCUT2D eigenvalue weighted by Gasteiger charge is 2.17. The third-order valence-corrected chi connectivity index (χ3v) is 4.85. The van der Waals surface area contributed by atoms with E-state index in [-0.39, 0.29) is 18.1 Å². The van der Waals surface area contributed by atoms with Gasteiger partial charge in [0.2, 0.25) is 5.91 Å². The molecule has 0 bridgehead atoms. The van der Waals surface area contributed by atoms with Crippen molar-refractivity contribution in [1.29, 1.82) is 0 Å². The highest BCUT2D eigenvalue weighted by Crippen LogP contribution is 2.17. The molecule has 0 atom stereocenters. The smallest absolute Gasteiger partial charge is 0.346 e. The molecule has 0 saturated heterocycles. The molecule has 0 radical (unpaired) electrons. The fourth-order valence-electron chi connectivity index (χ4n) is 3.41. The first-order valence-corrected chi connectivity index (χ1v) is 9.43. The van der Waals surface area contributed by atoms with Gasteiger partial charge < -0.3 is 10.2 Å². The summed E-state index contributed by atoms with van der Waals surface area (Å²) in [6, 6.07) is 7.76. The highest BCUT2D eigenvalue weighted by molar-refractivity contribution is 5.90. The molecule has 1 aromatic carbocycles. The van der Waals surface area contributed by atoms with Gasteiger partial charge in [0.05, 0.1) is 0 Å². The summed E-state index contributed by atoms with van der Waals surface area (Å²) in [6.07, 6.45) is 3.95. The second-order valence-corrected chi connectivity index (χ2v) is 6.59. The van der Waals surface area contributed by atoms with Gasteiger partial charge in [-0.05, 0) is 51.0 Å². The Bertz CT molecular complexity index is 802. The first-order chi connectivity index (χ1) is 12.6. The number of anilines is 2. The summed E-state index contributed by atoms with van der Waals surface area (Å²) in [5.74, 6) is 0.555. The minimum Gasteiger partial charge on any atom is -0.372 e. The summed E-state index contributed by atoms with van der Waals surface area (Å²) in [5.41, 5.74) is 1.66. The number of rotatable bonds is 6. The molecule has 7 heteroatoms. The van der Waals surface area contributed by atoms with Crippen LogP contribution in [0.1, 0.15) is 38.9 Å². The molecule has 0 unspecified atom stereocenters. The number of nitrogens with one attached hydrogen (secondary N) is 1. The summed E-state index contributed by atoms with van der Waals surface area (Å²) in [5, 5.41) is 7.20. The van der Waals surface area contributed by atoms with Crippen LogP contribution in [0, 0.1) is 0 Å². The molecule has 3 rings (SSSR count). The fourth-order valence-corrected chi connectivity index (χ4v) is 3.41. The lowest BCUT2D eigenvalue weighted by Gasteiger charge is -2.21. The number of hydrogen-bond donors (Lipinski definition) is 1. The zero-order valence-electron chi connectivity index (χ0n) is 15.6. The van der Waals surface area contributed by atoms with Crippen LogP contribution < -0.4 is 15.9 Å². The molecular formula is C19H27N5O2. The Balaban J connectivity index is 1.65. The van der Waals surface area contributed by atoms with Crippen molar-refractivity contribution in [2.75, 3.05) is 23.3 Å². The Morgan fingerprint density at radius 2 is 1.88 bits per heavy atom. The SMILES string of the molecule is CCN(CC)c1ccc(NC(=O)Cn2nc3n(c2=O)CCCCC3)cc1. The van der Waals surface area contributed by atoms with E-state index in [2.05, 4.69) is 29.2 Å². The van der Waals surface area contributed by atoms with Crippen molar-refractivity contribution in [3.05, 3.63) is 40.6 Å². The molecule has 1 aromatic heterocycles. The van der Waals surface area contributed by atoms with Gasteiger partial charge in [0.25, 0.3) is 0 Å². The van der Waals surface area contributed by atoms with E-state index in [0.29, 0.717) is 6.54 Å². The maximum Gasteiger partial charge on any atom is 0.346 e. The van der Waals surface area contributed by atoms with Gasteiger partial charge >= 0.3 is 5.69 Å². The first kappa shape index (κ1) is 18.2. The predicted octanol–water partition coefficient (Wildman–Crippen LogP) is 2.26. The van der Waals surface area contributed by atoms with Crippen molar-refractivity contribution >= 4 is 17.3 Å². The lowest BCUT2D eigenvalue weighted by Crippen LogP contribution is -2.30. The number of aromatic nitrogens is 3. The molecule has 26 heavy (non-hydrogen) atoms. The standard InChI is InChI=1S/C19H27N5O2/c1-3-22(4-2)16-11-9-15(10-12-16)20-18(25)14-24-19(26)23-13-7-5-6-8-17(23)21-24/h9-12H,3-8,13-14H2,1-2H3,(H,20,25). The van der Waals surface area contributed by atoms with E-state index >= 15 is 0 Å². The first-order valence-electron chi connectivity index (χ1n) is 9.43. The molecule has 0 fully saturated rings. The van der Waals surface area contributed by atoms with Gasteiger partial charge in [0.15, 0.2) is 0 Å². The number of aryl methyl sites for hydroxylation is 1. The maximum absolute atomic E-state index is 12.4. The number of hydrogen-bond acceptors (Lipinski definition) is 4. The highest BCUT2D eigenvalue weighted by atomic mass is 16.2. The largest absolute Gasteiger partial charge is 0.372 e. The molecule has 0 saturated carbocycles. The summed E-state index contributed by atoms with van der Waals surface area (Å²) < 4.78 is 2.99. The van der Waals surface area contributed by atoms with E-state index in [1.54, 1.807) is 4.57 Å². The van der Waals surface area contributed by atoms with Crippen molar-refractivity contribution in [2.24, 2.45) is 0 Å². The minimum atomic E-state index is -0.240. The lowest BCUT2D eigenvalue weighted by molar-refractivity contribution is -0.117. The van der Waals surface area contributed by atoms with Gasteiger partial charge in [0.1, 0.15) is 12.4 Å². The van der Waals surface area contributed by atoms with Gasteiger partial charge in [0, 0.05) is 37.4 Å². The van der Waals surface area contributed by atoms with Crippen LogP contribution in [-0.4, -0.2) is 33.3 Å². The van der Waals surface area contributed by atoms with Gasteiger partial charge in [-0.3, -0.25) is 9.36 Å². The van der Waals surface area contributed by atoms with Crippen LogP contribution in [0.4, 0.5) is 11.4 Å². The molecule has 1 aliphatic rings. The average Bonchev–Trinajstić information content (AvgIpc) is 2.81. The van der Waals surface area contributed by atoms with Crippen molar-refractivity contribution in [1.82, 2.24) is 14.3 Å². The Labute approximate surface area is 153 Å². The van der Waals surface area contributed by atoms with Gasteiger partial charge in [-0.25, -0.2) is 9.48 Å². The topological polar surface area (TPSA) is 72.2 Å². The summed E-state index contributed by atoms with van der Waals surface area (Å²) in [6.45, 7) is 6.75. The fraction of sp³-hybridized carbons (Fsp3) is 0.526.